The quantitative estimate of drug-likeness (QED) is 0.143. The van der Waals surface area contributed by atoms with Gasteiger partial charge >= 0.3 is 11.9 Å². The van der Waals surface area contributed by atoms with Crippen LogP contribution in [-0.2, 0) is 30.3 Å². The monoisotopic (exact) mass is 837 g/mol. The Bertz CT molecular complexity index is 2330. The molecule has 60 heavy (non-hydrogen) atoms. The fourth-order valence-electron chi connectivity index (χ4n) is 9.41. The van der Waals surface area contributed by atoms with Crippen molar-refractivity contribution in [3.63, 3.8) is 0 Å². The molecule has 16 heteroatoms. The number of benzene rings is 3. The van der Waals surface area contributed by atoms with Gasteiger partial charge < -0.3 is 44.7 Å². The highest BCUT2D eigenvalue weighted by atomic mass is 32.2. The van der Waals surface area contributed by atoms with Crippen molar-refractivity contribution < 1.29 is 48.0 Å². The summed E-state index contributed by atoms with van der Waals surface area (Å²) in [4.78, 5) is 56.1. The van der Waals surface area contributed by atoms with Crippen molar-refractivity contribution in [1.29, 1.82) is 5.26 Å². The van der Waals surface area contributed by atoms with E-state index >= 15 is 0 Å². The number of aromatic hydroxyl groups is 1. The van der Waals surface area contributed by atoms with Gasteiger partial charge in [-0.05, 0) is 49.0 Å². The Morgan fingerprint density at radius 1 is 1.08 bits per heavy atom. The molecule has 4 bridgehead atoms. The van der Waals surface area contributed by atoms with Crippen LogP contribution < -0.4 is 34.9 Å². The first-order valence-electron chi connectivity index (χ1n) is 19.9. The minimum absolute atomic E-state index is 0.0176. The van der Waals surface area contributed by atoms with E-state index < -0.39 is 65.3 Å². The lowest BCUT2D eigenvalue weighted by molar-refractivity contribution is -0.151. The van der Waals surface area contributed by atoms with Crippen LogP contribution in [0, 0.1) is 31.1 Å². The van der Waals surface area contributed by atoms with Crippen molar-refractivity contribution in [3.05, 3.63) is 81.4 Å². The number of thioether (sulfide) groups is 1. The Morgan fingerprint density at radius 3 is 2.53 bits per heavy atom. The number of fused-ring (bicyclic) bond motifs is 10. The highest BCUT2D eigenvalue weighted by Gasteiger charge is 2.59. The van der Waals surface area contributed by atoms with E-state index in [9.17, 15) is 29.5 Å². The summed E-state index contributed by atoms with van der Waals surface area (Å²) >= 11 is 1.32. The van der Waals surface area contributed by atoms with E-state index in [1.54, 1.807) is 26.8 Å². The number of nitriles is 1. The molecule has 0 spiro atoms. The summed E-state index contributed by atoms with van der Waals surface area (Å²) < 4.78 is 30.0. The fourth-order valence-corrected chi connectivity index (χ4v) is 10.9. The highest BCUT2D eigenvalue weighted by Crippen LogP contribution is 2.62. The second kappa shape index (κ2) is 16.4. The Labute approximate surface area is 351 Å². The number of hydrogen-bond donors (Lipinski definition) is 4. The number of amides is 2. The van der Waals surface area contributed by atoms with Crippen LogP contribution in [0.1, 0.15) is 77.0 Å². The number of aryl methyl sites for hydroxylation is 1. The van der Waals surface area contributed by atoms with Crippen LogP contribution in [0.2, 0.25) is 0 Å². The summed E-state index contributed by atoms with van der Waals surface area (Å²) in [5.41, 5.74) is 4.77. The molecule has 6 heterocycles. The average Bonchev–Trinajstić information content (AvgIpc) is 3.71. The van der Waals surface area contributed by atoms with Gasteiger partial charge in [0, 0.05) is 53.1 Å². The zero-order chi connectivity index (χ0) is 42.6. The molecular formula is C44H47N5O10S. The van der Waals surface area contributed by atoms with Crippen molar-refractivity contribution in [2.75, 3.05) is 26.3 Å². The van der Waals surface area contributed by atoms with Crippen molar-refractivity contribution in [1.82, 2.24) is 20.9 Å². The minimum Gasteiger partial charge on any atom is -0.504 e. The zero-order valence-electron chi connectivity index (χ0n) is 34.1. The number of carbonyl (C=O) groups is 4. The number of nitrogens with one attached hydrogen (secondary N) is 3. The molecule has 2 saturated heterocycles. The van der Waals surface area contributed by atoms with E-state index in [1.165, 1.54) is 31.9 Å². The van der Waals surface area contributed by atoms with Crippen LogP contribution in [0.4, 0.5) is 0 Å². The number of esters is 2. The Balaban J connectivity index is 1.22. The Morgan fingerprint density at radius 2 is 1.83 bits per heavy atom. The molecule has 2 amide bonds. The Kier molecular flexibility index (Phi) is 11.2. The first kappa shape index (κ1) is 41.0. The maximum absolute atomic E-state index is 14.1. The number of hydrogen-bond acceptors (Lipinski definition) is 14. The van der Waals surface area contributed by atoms with Gasteiger partial charge in [-0.15, -0.1) is 11.8 Å². The molecule has 3 aromatic rings. The van der Waals surface area contributed by atoms with Crippen LogP contribution in [0.5, 0.6) is 28.7 Å². The molecule has 8 atom stereocenters. The third-order valence-electron chi connectivity index (χ3n) is 11.9. The van der Waals surface area contributed by atoms with E-state index in [0.717, 1.165) is 16.7 Å². The van der Waals surface area contributed by atoms with Gasteiger partial charge in [-0.3, -0.25) is 19.3 Å². The van der Waals surface area contributed by atoms with Gasteiger partial charge in [0.25, 0.3) is 0 Å². The number of piperazine rings is 1. The molecule has 6 aliphatic heterocycles. The van der Waals surface area contributed by atoms with Gasteiger partial charge in [-0.1, -0.05) is 50.2 Å². The third-order valence-corrected chi connectivity index (χ3v) is 13.3. The molecule has 3 aromatic carbocycles. The average molecular weight is 838 g/mol. The molecule has 314 valence electrons. The van der Waals surface area contributed by atoms with Crippen LogP contribution >= 0.6 is 11.8 Å². The van der Waals surface area contributed by atoms with E-state index in [0.29, 0.717) is 45.9 Å². The van der Waals surface area contributed by atoms with Crippen molar-refractivity contribution in [2.45, 2.75) is 88.6 Å². The number of nitrogens with zero attached hydrogens (tertiary/aromatic N) is 2. The SMILES string of the molecule is COc1c(C)cc2c(c1O)[C@H]1N[C@@H](C2)[C@H](C#N)N2C1[C@@H]1SC[C@H](NC(=O)C(NC(=O)/C=C/c3ccccc3)C(C)C)C(=O)OC[C@H]2c2c3c(c(C)c(OC(C)=O)c21)OCO3. The van der Waals surface area contributed by atoms with E-state index in [-0.39, 0.29) is 42.6 Å². The predicted molar refractivity (Wildman–Crippen MR) is 219 cm³/mol. The summed E-state index contributed by atoms with van der Waals surface area (Å²) in [7, 11) is 1.50. The van der Waals surface area contributed by atoms with Crippen LogP contribution in [-0.4, -0.2) is 90.2 Å². The summed E-state index contributed by atoms with van der Waals surface area (Å²) in [6, 6.07) is 8.48. The first-order chi connectivity index (χ1) is 28.8. The van der Waals surface area contributed by atoms with Gasteiger partial charge in [0.15, 0.2) is 23.0 Å². The molecule has 0 aromatic heterocycles. The van der Waals surface area contributed by atoms with Gasteiger partial charge in [0.2, 0.25) is 18.6 Å². The van der Waals surface area contributed by atoms with Crippen LogP contribution in [0.25, 0.3) is 6.08 Å². The van der Waals surface area contributed by atoms with E-state index in [1.807, 2.05) is 43.3 Å². The second-order valence-electron chi connectivity index (χ2n) is 16.0. The maximum Gasteiger partial charge on any atom is 0.329 e. The lowest BCUT2D eigenvalue weighted by Gasteiger charge is -2.59. The maximum atomic E-state index is 14.1. The highest BCUT2D eigenvalue weighted by molar-refractivity contribution is 7.99. The minimum atomic E-state index is -1.17. The number of ether oxygens (including phenoxy) is 5. The number of methoxy groups -OCH3 is 1. The largest absolute Gasteiger partial charge is 0.504 e. The molecule has 6 aliphatic rings. The molecule has 9 rings (SSSR count). The van der Waals surface area contributed by atoms with Crippen molar-refractivity contribution >= 4 is 41.6 Å². The van der Waals surface area contributed by atoms with Crippen LogP contribution in [0.3, 0.4) is 0 Å². The summed E-state index contributed by atoms with van der Waals surface area (Å²) in [6.07, 6.45) is 3.43. The zero-order valence-corrected chi connectivity index (χ0v) is 34.9. The van der Waals surface area contributed by atoms with E-state index in [4.69, 9.17) is 23.7 Å². The first-order valence-corrected chi connectivity index (χ1v) is 21.0. The van der Waals surface area contributed by atoms with Gasteiger partial charge in [0.1, 0.15) is 30.5 Å². The number of phenols is 1. The second-order valence-corrected chi connectivity index (χ2v) is 17.2. The molecule has 0 radical (unpaired) electrons. The number of carbonyl (C=O) groups excluding carboxylic acids is 4. The standard InChI is InChI=1S/C44H47N5O10S/c1-20(2)34(48-30(51)13-12-24-10-8-7-9-11-24)43(53)47-27-18-60-42-33-32(41-40(57-19-58-41)22(4)39(33)59-23(5)50)29(17-56-44(27)54)49-28(16-45)26-15-25-14-21(3)38(55-6)37(52)31(25)35(46-26)36(42)49/h7-14,20,26-29,34-36,42,46,52H,15,17-19H2,1-6H3,(H,47,53)(H,48,51)/b13-12+/t26-,27-,28-,29-,34?,35+,36?,42+/m0/s1. The van der Waals surface area contributed by atoms with Gasteiger partial charge in [-0.2, -0.15) is 5.26 Å². The van der Waals surface area contributed by atoms with Crippen molar-refractivity contribution in [3.8, 4) is 34.8 Å². The normalized spacial score (nSPS) is 25.6. The molecule has 2 fully saturated rings. The summed E-state index contributed by atoms with van der Waals surface area (Å²) in [5, 5.41) is 31.5. The Hall–Kier alpha value is -5.76. The molecule has 4 N–H and O–H groups in total. The molecule has 0 aliphatic carbocycles. The fraction of sp³-hybridized carbons (Fsp3) is 0.432. The third kappa shape index (κ3) is 7.07. The molecule has 2 unspecified atom stereocenters. The van der Waals surface area contributed by atoms with Gasteiger partial charge in [-0.25, -0.2) is 4.79 Å². The van der Waals surface area contributed by atoms with E-state index in [2.05, 4.69) is 26.9 Å². The lowest BCUT2D eigenvalue weighted by atomic mass is 9.72. The topological polar surface area (TPSA) is 198 Å². The molecule has 0 saturated carbocycles. The summed E-state index contributed by atoms with van der Waals surface area (Å²) in [5.74, 6) is -1.31. The van der Waals surface area contributed by atoms with Gasteiger partial charge in [0.05, 0.1) is 30.5 Å². The lowest BCUT2D eigenvalue weighted by Crippen LogP contribution is -2.69. The predicted octanol–water partition coefficient (Wildman–Crippen LogP) is 4.23. The summed E-state index contributed by atoms with van der Waals surface area (Å²) in [6.45, 7) is 8.17. The number of rotatable bonds is 8. The van der Waals surface area contributed by atoms with Crippen molar-refractivity contribution in [2.24, 2.45) is 5.92 Å². The molecule has 15 nitrogen and oxygen atoms in total. The smallest absolute Gasteiger partial charge is 0.329 e. The van der Waals surface area contributed by atoms with Crippen LogP contribution in [0.15, 0.2) is 42.5 Å². The molecular weight excluding hydrogens is 791 g/mol. The number of phenolic OH excluding ortho intramolecular Hbond substituents is 1.